The molecule has 0 aromatic carbocycles. The molecule has 2 unspecified atom stereocenters. The summed E-state index contributed by atoms with van der Waals surface area (Å²) in [6, 6.07) is 0. The predicted molar refractivity (Wildman–Crippen MR) is 135 cm³/mol. The van der Waals surface area contributed by atoms with Gasteiger partial charge in [-0.25, -0.2) is 0 Å². The highest BCUT2D eigenvalue weighted by molar-refractivity contribution is 5.23. The van der Waals surface area contributed by atoms with Gasteiger partial charge in [-0.2, -0.15) is 0 Å². The van der Waals surface area contributed by atoms with Crippen molar-refractivity contribution in [2.75, 3.05) is 6.61 Å². The first kappa shape index (κ1) is 25.2. The molecule has 0 amide bonds. The van der Waals surface area contributed by atoms with Crippen LogP contribution in [-0.2, 0) is 0 Å². The van der Waals surface area contributed by atoms with Gasteiger partial charge in [0.15, 0.2) is 0 Å². The van der Waals surface area contributed by atoms with Gasteiger partial charge in [0.1, 0.15) is 0 Å². The fourth-order valence-electron chi connectivity index (χ4n) is 11.5. The van der Waals surface area contributed by atoms with Gasteiger partial charge in [-0.3, -0.25) is 0 Å². The lowest BCUT2D eigenvalue weighted by Crippen LogP contribution is -2.72. The number of rotatable bonds is 2. The summed E-state index contributed by atoms with van der Waals surface area (Å²) in [5.74, 6) is 1.41. The van der Waals surface area contributed by atoms with Gasteiger partial charge < -0.3 is 20.4 Å². The molecule has 0 bridgehead atoms. The van der Waals surface area contributed by atoms with Gasteiger partial charge in [-0.15, -0.1) is 0 Å². The van der Waals surface area contributed by atoms with Crippen molar-refractivity contribution in [2.24, 2.45) is 56.7 Å². The van der Waals surface area contributed by atoms with Crippen LogP contribution in [0, 0.1) is 56.7 Å². The highest BCUT2D eigenvalue weighted by atomic mass is 16.3. The lowest BCUT2D eigenvalue weighted by molar-refractivity contribution is -0.298. The average Bonchev–Trinajstić information content (AvgIpc) is 3.11. The Morgan fingerprint density at radius 3 is 2.15 bits per heavy atom. The van der Waals surface area contributed by atoms with Gasteiger partial charge in [0.05, 0.1) is 24.9 Å². The summed E-state index contributed by atoms with van der Waals surface area (Å²) in [5, 5.41) is 44.5. The topological polar surface area (TPSA) is 80.9 Å². The quantitative estimate of drug-likeness (QED) is 0.428. The van der Waals surface area contributed by atoms with Crippen LogP contribution in [-0.4, -0.2) is 45.3 Å². The summed E-state index contributed by atoms with van der Waals surface area (Å²) >= 11 is 0. The molecule has 0 heterocycles. The lowest BCUT2D eigenvalue weighted by Gasteiger charge is -2.74. The van der Waals surface area contributed by atoms with E-state index in [1.165, 1.54) is 19.3 Å². The standard InChI is InChI=1S/C30H50O4/c1-17(16-31)18-8-10-27(4)12-13-28(5)19(24(18)27)14-20(32)25-29(28,6)11-9-21-26(2,3)22(33)15-23(34)30(21,25)7/h18-25,31-34H,1,8-16H2,2-7H3/t18-,19+,20+,21-,22-,23+,24?,25?,27+,28+,29+,30+/m0/s1. The van der Waals surface area contributed by atoms with E-state index in [4.69, 9.17) is 0 Å². The Labute approximate surface area is 207 Å². The van der Waals surface area contributed by atoms with Crippen LogP contribution in [0.4, 0.5) is 0 Å². The average molecular weight is 475 g/mol. The van der Waals surface area contributed by atoms with E-state index in [0.717, 1.165) is 31.3 Å². The van der Waals surface area contributed by atoms with Crippen LogP contribution in [0.1, 0.15) is 92.9 Å². The van der Waals surface area contributed by atoms with E-state index in [9.17, 15) is 20.4 Å². The van der Waals surface area contributed by atoms with E-state index < -0.39 is 23.7 Å². The predicted octanol–water partition coefficient (Wildman–Crippen LogP) is 4.94. The SMILES string of the molecule is C=C(CO)[C@@H]1CC[C@]2(C)CC[C@]3(C)[C@H](C[C@@H](O)C4[C@@]5(C)[C@H](O)C[C@H](O)C(C)(C)[C@@H]5CC[C@]43C)C12. The summed E-state index contributed by atoms with van der Waals surface area (Å²) in [6.07, 6.45) is 6.33. The second kappa shape index (κ2) is 7.55. The molecule has 0 radical (unpaired) electrons. The molecule has 0 aromatic rings. The molecule has 0 aliphatic heterocycles. The third-order valence-corrected chi connectivity index (χ3v) is 13.6. The first-order chi connectivity index (χ1) is 15.7. The van der Waals surface area contributed by atoms with E-state index in [2.05, 4.69) is 48.1 Å². The van der Waals surface area contributed by atoms with Crippen molar-refractivity contribution >= 4 is 0 Å². The Hall–Kier alpha value is -0.420. The third-order valence-electron chi connectivity index (χ3n) is 13.6. The van der Waals surface area contributed by atoms with Crippen LogP contribution in [0.15, 0.2) is 12.2 Å². The molecule has 5 fully saturated rings. The summed E-state index contributed by atoms with van der Waals surface area (Å²) in [5.41, 5.74) is 0.560. The molecule has 4 nitrogen and oxygen atoms in total. The van der Waals surface area contributed by atoms with Crippen LogP contribution >= 0.6 is 0 Å². The van der Waals surface area contributed by atoms with Crippen molar-refractivity contribution in [3.05, 3.63) is 12.2 Å². The fourth-order valence-corrected chi connectivity index (χ4v) is 11.5. The first-order valence-electron chi connectivity index (χ1n) is 14.0. The molecule has 12 atom stereocenters. The molecule has 0 saturated heterocycles. The third kappa shape index (κ3) is 2.86. The van der Waals surface area contributed by atoms with Crippen molar-refractivity contribution in [1.29, 1.82) is 0 Å². The van der Waals surface area contributed by atoms with Crippen molar-refractivity contribution in [3.8, 4) is 0 Å². The minimum atomic E-state index is -0.595. The van der Waals surface area contributed by atoms with Crippen LogP contribution in [0.2, 0.25) is 0 Å². The van der Waals surface area contributed by atoms with Crippen LogP contribution < -0.4 is 0 Å². The van der Waals surface area contributed by atoms with Crippen LogP contribution in [0.5, 0.6) is 0 Å². The first-order valence-corrected chi connectivity index (χ1v) is 14.0. The zero-order chi connectivity index (χ0) is 25.1. The fraction of sp³-hybridized carbons (Fsp3) is 0.933. The zero-order valence-electron chi connectivity index (χ0n) is 22.5. The maximum atomic E-state index is 12.0. The monoisotopic (exact) mass is 474 g/mol. The Balaban J connectivity index is 1.60. The van der Waals surface area contributed by atoms with Crippen molar-refractivity contribution in [1.82, 2.24) is 0 Å². The minimum Gasteiger partial charge on any atom is -0.393 e. The van der Waals surface area contributed by atoms with Gasteiger partial charge in [0.2, 0.25) is 0 Å². The summed E-state index contributed by atoms with van der Waals surface area (Å²) < 4.78 is 0. The van der Waals surface area contributed by atoms with Crippen molar-refractivity contribution < 1.29 is 20.4 Å². The molecule has 34 heavy (non-hydrogen) atoms. The molecule has 5 rings (SSSR count). The Morgan fingerprint density at radius 1 is 0.824 bits per heavy atom. The number of aliphatic hydroxyl groups is 4. The molecule has 0 aromatic heterocycles. The molecule has 5 aliphatic carbocycles. The molecule has 0 spiro atoms. The molecular weight excluding hydrogens is 424 g/mol. The Morgan fingerprint density at radius 2 is 1.50 bits per heavy atom. The maximum absolute atomic E-state index is 12.0. The second-order valence-corrected chi connectivity index (χ2v) is 14.9. The van der Waals surface area contributed by atoms with Gasteiger partial charge in [0.25, 0.3) is 0 Å². The molecular formula is C30H50O4. The minimum absolute atomic E-state index is 0.0204. The number of hydrogen-bond donors (Lipinski definition) is 4. The van der Waals surface area contributed by atoms with E-state index in [1.54, 1.807) is 0 Å². The molecule has 194 valence electrons. The van der Waals surface area contributed by atoms with Gasteiger partial charge in [-0.1, -0.05) is 48.1 Å². The van der Waals surface area contributed by atoms with E-state index in [1.807, 2.05) is 0 Å². The van der Waals surface area contributed by atoms with Gasteiger partial charge in [-0.05, 0) is 102 Å². The highest BCUT2D eigenvalue weighted by Gasteiger charge is 2.73. The maximum Gasteiger partial charge on any atom is 0.0641 e. The molecule has 4 heteroatoms. The number of hydrogen-bond acceptors (Lipinski definition) is 4. The van der Waals surface area contributed by atoms with Crippen molar-refractivity contribution in [2.45, 2.75) is 111 Å². The number of aliphatic hydroxyl groups excluding tert-OH is 4. The largest absolute Gasteiger partial charge is 0.393 e. The summed E-state index contributed by atoms with van der Waals surface area (Å²) in [4.78, 5) is 0. The van der Waals surface area contributed by atoms with E-state index in [0.29, 0.717) is 24.2 Å². The number of fused-ring (bicyclic) bond motifs is 7. The molecule has 4 N–H and O–H groups in total. The highest BCUT2D eigenvalue weighted by Crippen LogP contribution is 2.77. The van der Waals surface area contributed by atoms with Crippen molar-refractivity contribution in [3.63, 3.8) is 0 Å². The normalized spacial score (nSPS) is 58.3. The van der Waals surface area contributed by atoms with Gasteiger partial charge >= 0.3 is 0 Å². The van der Waals surface area contributed by atoms with Crippen LogP contribution in [0.3, 0.4) is 0 Å². The second-order valence-electron chi connectivity index (χ2n) is 14.9. The summed E-state index contributed by atoms with van der Waals surface area (Å²) in [6.45, 7) is 18.3. The van der Waals surface area contributed by atoms with E-state index in [-0.39, 0.29) is 40.1 Å². The molecule has 5 aliphatic rings. The zero-order valence-corrected chi connectivity index (χ0v) is 22.5. The lowest BCUT2D eigenvalue weighted by atomic mass is 9.31. The smallest absolute Gasteiger partial charge is 0.0641 e. The Bertz CT molecular complexity index is 853. The van der Waals surface area contributed by atoms with E-state index >= 15 is 0 Å². The van der Waals surface area contributed by atoms with Gasteiger partial charge in [0, 0.05) is 11.8 Å². The molecule has 5 saturated carbocycles. The Kier molecular flexibility index (Phi) is 5.61. The summed E-state index contributed by atoms with van der Waals surface area (Å²) in [7, 11) is 0. The van der Waals surface area contributed by atoms with Crippen LogP contribution in [0.25, 0.3) is 0 Å².